The largest absolute Gasteiger partial charge is 0.459 e. The number of para-hydroxylation sites is 1. The lowest BCUT2D eigenvalue weighted by molar-refractivity contribution is 0.551. The number of hydrogen-bond donors (Lipinski definition) is 2. The van der Waals surface area contributed by atoms with Crippen LogP contribution in [0.5, 0.6) is 0 Å². The van der Waals surface area contributed by atoms with Gasteiger partial charge in [0, 0.05) is 11.9 Å². The van der Waals surface area contributed by atoms with Gasteiger partial charge in [-0.3, -0.25) is 0 Å². The van der Waals surface area contributed by atoms with E-state index in [1.54, 1.807) is 0 Å². The lowest BCUT2D eigenvalue weighted by atomic mass is 10.2. The first kappa shape index (κ1) is 12.5. The molecule has 0 aliphatic carbocycles. The number of nitrogens with one attached hydrogen (secondary N) is 1. The topological polar surface area (TPSA) is 63.5 Å². The highest BCUT2D eigenvalue weighted by Crippen LogP contribution is 2.19. The second kappa shape index (κ2) is 5.58. The molecule has 0 spiro atoms. The van der Waals surface area contributed by atoms with E-state index >= 15 is 0 Å². The summed E-state index contributed by atoms with van der Waals surface area (Å²) in [6, 6.07) is 9.91. The predicted molar refractivity (Wildman–Crippen MR) is 74.4 cm³/mol. The molecule has 1 aromatic carbocycles. The minimum absolute atomic E-state index is 0.462. The van der Waals surface area contributed by atoms with Crippen LogP contribution in [0.25, 0.3) is 11.0 Å². The Morgan fingerprint density at radius 3 is 2.89 bits per heavy atom. The van der Waals surface area contributed by atoms with Crippen LogP contribution in [-0.4, -0.2) is 12.5 Å². The summed E-state index contributed by atoms with van der Waals surface area (Å²) in [5.74, 6) is 1.83. The van der Waals surface area contributed by atoms with E-state index in [9.17, 15) is 0 Å². The maximum atomic E-state index is 5.76. The van der Waals surface area contributed by atoms with Crippen molar-refractivity contribution < 1.29 is 4.42 Å². The number of benzene rings is 1. The molecule has 4 nitrogen and oxygen atoms in total. The van der Waals surface area contributed by atoms with Crippen molar-refractivity contribution >= 4 is 16.9 Å². The molecule has 0 saturated carbocycles. The lowest BCUT2D eigenvalue weighted by Crippen LogP contribution is -2.34. The molecule has 2 rings (SSSR count). The van der Waals surface area contributed by atoms with Crippen LogP contribution < -0.4 is 11.1 Å². The summed E-state index contributed by atoms with van der Waals surface area (Å²) in [5, 5.41) is 4.17. The molecule has 2 aromatic rings. The minimum atomic E-state index is 0.462. The number of nitrogens with zero attached hydrogens (tertiary/aromatic N) is 1. The molecule has 0 saturated heterocycles. The summed E-state index contributed by atoms with van der Waals surface area (Å²) in [5.41, 5.74) is 6.65. The first-order valence-electron chi connectivity index (χ1n) is 6.16. The molecule has 3 N–H and O–H groups in total. The smallest absolute Gasteiger partial charge is 0.189 e. The Morgan fingerprint density at radius 2 is 2.17 bits per heavy atom. The van der Waals surface area contributed by atoms with E-state index in [1.165, 1.54) is 0 Å². The monoisotopic (exact) mass is 245 g/mol. The molecule has 0 unspecified atom stereocenters. The number of rotatable bonds is 4. The maximum Gasteiger partial charge on any atom is 0.189 e. The Balaban J connectivity index is 1.98. The van der Waals surface area contributed by atoms with Crippen molar-refractivity contribution in [2.24, 2.45) is 16.6 Å². The van der Waals surface area contributed by atoms with E-state index in [4.69, 9.17) is 10.2 Å². The van der Waals surface area contributed by atoms with Crippen molar-refractivity contribution in [3.63, 3.8) is 0 Å². The van der Waals surface area contributed by atoms with E-state index in [1.807, 2.05) is 30.3 Å². The fourth-order valence-corrected chi connectivity index (χ4v) is 1.64. The molecule has 0 radical (unpaired) electrons. The average Bonchev–Trinajstić information content (AvgIpc) is 2.76. The molecule has 0 aliphatic rings. The highest BCUT2D eigenvalue weighted by atomic mass is 16.3. The van der Waals surface area contributed by atoms with Crippen molar-refractivity contribution in [1.82, 2.24) is 5.32 Å². The standard InChI is InChI=1S/C14H19N3O/c1-10(2)8-16-14(15)17-9-12-7-11-5-3-4-6-13(11)18-12/h3-7,10H,8-9H2,1-2H3,(H3,15,16,17). The van der Waals surface area contributed by atoms with Gasteiger partial charge in [0.15, 0.2) is 5.96 Å². The third-order valence-corrected chi connectivity index (χ3v) is 2.57. The Hall–Kier alpha value is -1.97. The summed E-state index contributed by atoms with van der Waals surface area (Å²) in [6.07, 6.45) is 0. The van der Waals surface area contributed by atoms with E-state index in [0.29, 0.717) is 18.4 Å². The molecule has 0 atom stereocenters. The van der Waals surface area contributed by atoms with Crippen LogP contribution in [0.2, 0.25) is 0 Å². The number of aliphatic imine (C=N–C) groups is 1. The average molecular weight is 245 g/mol. The molecule has 0 bridgehead atoms. The second-order valence-electron chi connectivity index (χ2n) is 4.73. The van der Waals surface area contributed by atoms with Gasteiger partial charge in [-0.1, -0.05) is 32.0 Å². The summed E-state index contributed by atoms with van der Waals surface area (Å²) in [6.45, 7) is 5.54. The van der Waals surface area contributed by atoms with Crippen molar-refractivity contribution in [2.75, 3.05) is 6.54 Å². The predicted octanol–water partition coefficient (Wildman–Crippen LogP) is 2.49. The first-order valence-corrected chi connectivity index (χ1v) is 6.16. The van der Waals surface area contributed by atoms with Gasteiger partial charge in [-0.2, -0.15) is 0 Å². The number of furan rings is 1. The molecule has 0 amide bonds. The van der Waals surface area contributed by atoms with Crippen LogP contribution in [0.15, 0.2) is 39.7 Å². The molecule has 96 valence electrons. The highest BCUT2D eigenvalue weighted by molar-refractivity contribution is 5.79. The Kier molecular flexibility index (Phi) is 3.87. The van der Waals surface area contributed by atoms with Crippen LogP contribution in [0.1, 0.15) is 19.6 Å². The van der Waals surface area contributed by atoms with Crippen LogP contribution in [0, 0.1) is 5.92 Å². The number of fused-ring (bicyclic) bond motifs is 1. The molecule has 1 aromatic heterocycles. The zero-order chi connectivity index (χ0) is 13.0. The van der Waals surface area contributed by atoms with E-state index < -0.39 is 0 Å². The van der Waals surface area contributed by atoms with Crippen molar-refractivity contribution in [2.45, 2.75) is 20.4 Å². The Labute approximate surface area is 107 Å². The molecule has 1 heterocycles. The van der Waals surface area contributed by atoms with Crippen molar-refractivity contribution in [3.05, 3.63) is 36.1 Å². The third-order valence-electron chi connectivity index (χ3n) is 2.57. The van der Waals surface area contributed by atoms with Gasteiger partial charge in [0.2, 0.25) is 0 Å². The van der Waals surface area contributed by atoms with Crippen LogP contribution in [0.3, 0.4) is 0 Å². The summed E-state index contributed by atoms with van der Waals surface area (Å²) >= 11 is 0. The quantitative estimate of drug-likeness (QED) is 0.642. The molecule has 4 heteroatoms. The second-order valence-corrected chi connectivity index (χ2v) is 4.73. The normalized spacial score (nSPS) is 12.3. The molecule has 18 heavy (non-hydrogen) atoms. The van der Waals surface area contributed by atoms with Gasteiger partial charge in [0.25, 0.3) is 0 Å². The van der Waals surface area contributed by atoms with Gasteiger partial charge >= 0.3 is 0 Å². The van der Waals surface area contributed by atoms with E-state index in [2.05, 4.69) is 24.2 Å². The van der Waals surface area contributed by atoms with Gasteiger partial charge in [0.1, 0.15) is 17.9 Å². The van der Waals surface area contributed by atoms with Gasteiger partial charge in [-0.05, 0) is 18.1 Å². The van der Waals surface area contributed by atoms with Gasteiger partial charge in [-0.25, -0.2) is 4.99 Å². The van der Waals surface area contributed by atoms with Crippen LogP contribution in [0.4, 0.5) is 0 Å². The minimum Gasteiger partial charge on any atom is -0.459 e. The van der Waals surface area contributed by atoms with Gasteiger partial charge < -0.3 is 15.5 Å². The number of hydrogen-bond acceptors (Lipinski definition) is 2. The lowest BCUT2D eigenvalue weighted by Gasteiger charge is -2.07. The summed E-state index contributed by atoms with van der Waals surface area (Å²) < 4.78 is 5.65. The first-order chi connectivity index (χ1) is 8.65. The number of nitrogens with two attached hydrogens (primary N) is 1. The summed E-state index contributed by atoms with van der Waals surface area (Å²) in [4.78, 5) is 4.25. The SMILES string of the molecule is CC(C)CNC(N)=NCc1cc2ccccc2o1. The Bertz CT molecular complexity index is 510. The molecule has 0 fully saturated rings. The van der Waals surface area contributed by atoms with Gasteiger partial charge in [0.05, 0.1) is 0 Å². The van der Waals surface area contributed by atoms with Crippen molar-refractivity contribution in [1.29, 1.82) is 0 Å². The van der Waals surface area contributed by atoms with Crippen LogP contribution >= 0.6 is 0 Å². The van der Waals surface area contributed by atoms with E-state index in [-0.39, 0.29) is 0 Å². The molecule has 0 aliphatic heterocycles. The zero-order valence-electron chi connectivity index (χ0n) is 10.8. The molecular weight excluding hydrogens is 226 g/mol. The fraction of sp³-hybridized carbons (Fsp3) is 0.357. The number of guanidine groups is 1. The maximum absolute atomic E-state index is 5.76. The van der Waals surface area contributed by atoms with Crippen molar-refractivity contribution in [3.8, 4) is 0 Å². The highest BCUT2D eigenvalue weighted by Gasteiger charge is 2.02. The summed E-state index contributed by atoms with van der Waals surface area (Å²) in [7, 11) is 0. The van der Waals surface area contributed by atoms with Gasteiger partial charge in [-0.15, -0.1) is 0 Å². The fourth-order valence-electron chi connectivity index (χ4n) is 1.64. The third kappa shape index (κ3) is 3.26. The molecular formula is C14H19N3O. The van der Waals surface area contributed by atoms with E-state index in [0.717, 1.165) is 23.3 Å². The Morgan fingerprint density at radius 1 is 1.39 bits per heavy atom. The zero-order valence-corrected chi connectivity index (χ0v) is 10.8. The van der Waals surface area contributed by atoms with Crippen LogP contribution in [-0.2, 0) is 6.54 Å².